The van der Waals surface area contributed by atoms with Crippen LogP contribution in [0.25, 0.3) is 11.0 Å². The van der Waals surface area contributed by atoms with Crippen molar-refractivity contribution in [1.29, 1.82) is 0 Å². The molecule has 1 aliphatic rings. The molecule has 0 radical (unpaired) electrons. The van der Waals surface area contributed by atoms with Crippen LogP contribution in [0.1, 0.15) is 40.5 Å². The molecule has 1 fully saturated rings. The van der Waals surface area contributed by atoms with Crippen LogP contribution in [0.4, 0.5) is 8.78 Å². The van der Waals surface area contributed by atoms with Crippen molar-refractivity contribution >= 4 is 16.9 Å². The van der Waals surface area contributed by atoms with E-state index in [-0.39, 0.29) is 12.5 Å². The van der Waals surface area contributed by atoms with E-state index in [9.17, 15) is 13.6 Å². The van der Waals surface area contributed by atoms with Crippen molar-refractivity contribution in [3.05, 3.63) is 47.5 Å². The molecule has 130 valence electrons. The van der Waals surface area contributed by atoms with E-state index in [4.69, 9.17) is 0 Å². The van der Waals surface area contributed by atoms with Crippen molar-refractivity contribution in [1.82, 2.24) is 25.1 Å². The number of nitrogens with zero attached hydrogens (tertiary/aromatic N) is 3. The molecule has 6 nitrogen and oxygen atoms in total. The number of carbonyl (C=O) groups excluding carboxylic acids is 1. The first-order chi connectivity index (χ1) is 12.1. The van der Waals surface area contributed by atoms with Gasteiger partial charge in [0.15, 0.2) is 0 Å². The molecule has 0 aromatic carbocycles. The minimum absolute atomic E-state index is 0.129. The number of alkyl halides is 2. The Morgan fingerprint density at radius 1 is 1.40 bits per heavy atom. The highest BCUT2D eigenvalue weighted by Gasteiger charge is 2.25. The standard InChI is InChI=1S/C17H17F2N5O/c18-15(19)9-24-13(3-4-22-24)8-21-17(25)12-5-11-6-14(10-1-2-10)23-16(11)20-7-12/h3-7,10,15H,1-2,8-9H2,(H,20,23)(H,21,25). The number of fused-ring (bicyclic) bond motifs is 1. The summed E-state index contributed by atoms with van der Waals surface area (Å²) >= 11 is 0. The summed E-state index contributed by atoms with van der Waals surface area (Å²) in [5.74, 6) is 0.287. The Labute approximate surface area is 142 Å². The van der Waals surface area contributed by atoms with Crippen LogP contribution in [-0.2, 0) is 13.1 Å². The Hall–Kier alpha value is -2.77. The smallest absolute Gasteiger partial charge is 0.257 e. The molecule has 0 aliphatic heterocycles. The van der Waals surface area contributed by atoms with Crippen LogP contribution in [0.15, 0.2) is 30.6 Å². The first-order valence-electron chi connectivity index (χ1n) is 8.16. The SMILES string of the molecule is O=C(NCc1ccnn1CC(F)F)c1cnc2[nH]c(C3CC3)cc2c1. The van der Waals surface area contributed by atoms with Gasteiger partial charge in [0, 0.05) is 23.5 Å². The van der Waals surface area contributed by atoms with Crippen LogP contribution in [0, 0.1) is 0 Å². The second kappa shape index (κ2) is 6.27. The van der Waals surface area contributed by atoms with E-state index in [0.717, 1.165) is 16.7 Å². The number of carbonyl (C=O) groups is 1. The summed E-state index contributed by atoms with van der Waals surface area (Å²) in [7, 11) is 0. The van der Waals surface area contributed by atoms with Gasteiger partial charge in [-0.2, -0.15) is 5.10 Å². The topological polar surface area (TPSA) is 75.6 Å². The third-order valence-electron chi connectivity index (χ3n) is 4.32. The largest absolute Gasteiger partial charge is 0.346 e. The van der Waals surface area contributed by atoms with Crippen molar-refractivity contribution in [3.63, 3.8) is 0 Å². The number of pyridine rings is 1. The highest BCUT2D eigenvalue weighted by molar-refractivity contribution is 5.97. The summed E-state index contributed by atoms with van der Waals surface area (Å²) in [6, 6.07) is 5.43. The van der Waals surface area contributed by atoms with Crippen molar-refractivity contribution in [2.75, 3.05) is 0 Å². The number of hydrogen-bond acceptors (Lipinski definition) is 3. The fourth-order valence-corrected chi connectivity index (χ4v) is 2.85. The maximum Gasteiger partial charge on any atom is 0.257 e. The third-order valence-corrected chi connectivity index (χ3v) is 4.32. The first kappa shape index (κ1) is 15.7. The molecular formula is C17H17F2N5O. The normalized spacial score (nSPS) is 14.4. The number of aromatic amines is 1. The predicted molar refractivity (Wildman–Crippen MR) is 87.5 cm³/mol. The van der Waals surface area contributed by atoms with E-state index in [1.165, 1.54) is 29.9 Å². The highest BCUT2D eigenvalue weighted by atomic mass is 19.3. The Morgan fingerprint density at radius 3 is 3.00 bits per heavy atom. The summed E-state index contributed by atoms with van der Waals surface area (Å²) in [6.07, 6.45) is 2.84. The predicted octanol–water partition coefficient (Wildman–Crippen LogP) is 2.83. The van der Waals surface area contributed by atoms with E-state index in [1.54, 1.807) is 12.1 Å². The van der Waals surface area contributed by atoms with Crippen LogP contribution >= 0.6 is 0 Å². The van der Waals surface area contributed by atoms with Crippen LogP contribution < -0.4 is 5.32 Å². The summed E-state index contributed by atoms with van der Waals surface area (Å²) in [5, 5.41) is 7.47. The summed E-state index contributed by atoms with van der Waals surface area (Å²) in [5.41, 5.74) is 2.90. The van der Waals surface area contributed by atoms with Gasteiger partial charge in [0.1, 0.15) is 12.2 Å². The number of hydrogen-bond donors (Lipinski definition) is 2. The van der Waals surface area contributed by atoms with Gasteiger partial charge in [-0.05, 0) is 37.0 Å². The number of aromatic nitrogens is 4. The molecule has 2 N–H and O–H groups in total. The monoisotopic (exact) mass is 345 g/mol. The molecule has 3 aromatic heterocycles. The lowest BCUT2D eigenvalue weighted by molar-refractivity contribution is 0.0948. The molecule has 0 unspecified atom stereocenters. The molecule has 0 spiro atoms. The third kappa shape index (κ3) is 3.38. The molecule has 1 saturated carbocycles. The fourth-order valence-electron chi connectivity index (χ4n) is 2.85. The van der Waals surface area contributed by atoms with Crippen molar-refractivity contribution in [2.24, 2.45) is 0 Å². The molecule has 0 bridgehead atoms. The average Bonchev–Trinajstić information content (AvgIpc) is 3.21. The summed E-state index contributed by atoms with van der Waals surface area (Å²) < 4.78 is 26.2. The van der Waals surface area contributed by atoms with Crippen molar-refractivity contribution in [2.45, 2.75) is 38.3 Å². The van der Waals surface area contributed by atoms with Gasteiger partial charge in [-0.1, -0.05) is 0 Å². The lowest BCUT2D eigenvalue weighted by Gasteiger charge is -2.08. The Kier molecular flexibility index (Phi) is 3.95. The van der Waals surface area contributed by atoms with E-state index < -0.39 is 13.0 Å². The second-order valence-corrected chi connectivity index (χ2v) is 6.24. The number of nitrogens with one attached hydrogen (secondary N) is 2. The maximum atomic E-state index is 12.5. The minimum atomic E-state index is -2.49. The van der Waals surface area contributed by atoms with E-state index in [1.807, 2.05) is 6.07 Å². The Balaban J connectivity index is 1.45. The molecule has 25 heavy (non-hydrogen) atoms. The van der Waals surface area contributed by atoms with Gasteiger partial charge < -0.3 is 10.3 Å². The van der Waals surface area contributed by atoms with Gasteiger partial charge in [0.2, 0.25) is 0 Å². The molecule has 3 aromatic rings. The zero-order chi connectivity index (χ0) is 17.4. The average molecular weight is 345 g/mol. The number of rotatable bonds is 6. The lowest BCUT2D eigenvalue weighted by Crippen LogP contribution is -2.25. The number of halogens is 2. The van der Waals surface area contributed by atoms with Crippen LogP contribution in [0.3, 0.4) is 0 Å². The van der Waals surface area contributed by atoms with Crippen LogP contribution in [0.2, 0.25) is 0 Å². The van der Waals surface area contributed by atoms with Gasteiger partial charge >= 0.3 is 0 Å². The Bertz CT molecular complexity index is 913. The molecule has 1 aliphatic carbocycles. The summed E-state index contributed by atoms with van der Waals surface area (Å²) in [4.78, 5) is 19.9. The highest BCUT2D eigenvalue weighted by Crippen LogP contribution is 2.40. The maximum absolute atomic E-state index is 12.5. The van der Waals surface area contributed by atoms with Gasteiger partial charge in [0.05, 0.1) is 17.8 Å². The molecular weight excluding hydrogens is 328 g/mol. The van der Waals surface area contributed by atoms with E-state index in [0.29, 0.717) is 17.2 Å². The fraction of sp³-hybridized carbons (Fsp3) is 0.353. The number of amides is 1. The molecule has 0 atom stereocenters. The van der Waals surface area contributed by atoms with Gasteiger partial charge in [-0.15, -0.1) is 0 Å². The zero-order valence-electron chi connectivity index (χ0n) is 13.4. The summed E-state index contributed by atoms with van der Waals surface area (Å²) in [6.45, 7) is -0.358. The molecule has 1 amide bonds. The van der Waals surface area contributed by atoms with Crippen LogP contribution in [-0.4, -0.2) is 32.1 Å². The van der Waals surface area contributed by atoms with Crippen molar-refractivity contribution in [3.8, 4) is 0 Å². The van der Waals surface area contributed by atoms with Gasteiger partial charge in [0.25, 0.3) is 12.3 Å². The number of H-pyrrole nitrogens is 1. The van der Waals surface area contributed by atoms with Crippen molar-refractivity contribution < 1.29 is 13.6 Å². The second-order valence-electron chi connectivity index (χ2n) is 6.24. The minimum Gasteiger partial charge on any atom is -0.346 e. The van der Waals surface area contributed by atoms with E-state index in [2.05, 4.69) is 20.4 Å². The molecule has 0 saturated heterocycles. The van der Waals surface area contributed by atoms with Crippen LogP contribution in [0.5, 0.6) is 0 Å². The Morgan fingerprint density at radius 2 is 2.24 bits per heavy atom. The lowest BCUT2D eigenvalue weighted by atomic mass is 10.2. The van der Waals surface area contributed by atoms with E-state index >= 15 is 0 Å². The molecule has 4 rings (SSSR count). The first-order valence-corrected chi connectivity index (χ1v) is 8.16. The zero-order valence-corrected chi connectivity index (χ0v) is 13.4. The van der Waals surface area contributed by atoms with Gasteiger partial charge in [-0.25, -0.2) is 13.8 Å². The molecule has 8 heteroatoms. The molecule has 3 heterocycles. The quantitative estimate of drug-likeness (QED) is 0.721. The van der Waals surface area contributed by atoms with Gasteiger partial charge in [-0.3, -0.25) is 9.48 Å².